The highest BCUT2D eigenvalue weighted by Gasteiger charge is 2.31. The average molecular weight is 276 g/mol. The fourth-order valence-electron chi connectivity index (χ4n) is 2.81. The van der Waals surface area contributed by atoms with Crippen molar-refractivity contribution in [3.8, 4) is 0 Å². The highest BCUT2D eigenvalue weighted by molar-refractivity contribution is 7.89. The van der Waals surface area contributed by atoms with Crippen molar-refractivity contribution < 1.29 is 13.5 Å². The van der Waals surface area contributed by atoms with Gasteiger partial charge >= 0.3 is 0 Å². The molecule has 0 radical (unpaired) electrons. The number of aliphatic hydroxyl groups is 1. The molecular formula is C12H24N2O3S. The number of rotatable bonds is 5. The Morgan fingerprint density at radius 3 is 2.50 bits per heavy atom. The van der Waals surface area contributed by atoms with Crippen LogP contribution in [0.2, 0.25) is 0 Å². The smallest absolute Gasteiger partial charge is 0.214 e. The van der Waals surface area contributed by atoms with Gasteiger partial charge in [-0.2, -0.15) is 0 Å². The summed E-state index contributed by atoms with van der Waals surface area (Å²) >= 11 is 0. The molecule has 0 bridgehead atoms. The number of aliphatic hydroxyl groups excluding tert-OH is 1. The summed E-state index contributed by atoms with van der Waals surface area (Å²) in [6.07, 6.45) is 3.76. The molecular weight excluding hydrogens is 252 g/mol. The SMILES string of the molecule is O=S(=O)(CCC1CCNCC1)N1CCC(CO)C1. The van der Waals surface area contributed by atoms with E-state index in [1.54, 1.807) is 4.31 Å². The van der Waals surface area contributed by atoms with Gasteiger partial charge in [-0.05, 0) is 50.6 Å². The molecule has 1 atom stereocenters. The summed E-state index contributed by atoms with van der Waals surface area (Å²) < 4.78 is 25.9. The van der Waals surface area contributed by atoms with Crippen LogP contribution < -0.4 is 5.32 Å². The first-order chi connectivity index (χ1) is 8.62. The third-order valence-electron chi connectivity index (χ3n) is 4.14. The second-order valence-electron chi connectivity index (χ2n) is 5.49. The monoisotopic (exact) mass is 276 g/mol. The maximum Gasteiger partial charge on any atom is 0.214 e. The second-order valence-corrected chi connectivity index (χ2v) is 7.58. The summed E-state index contributed by atoms with van der Waals surface area (Å²) in [4.78, 5) is 0. The molecule has 0 aromatic heterocycles. The molecule has 1 unspecified atom stereocenters. The van der Waals surface area contributed by atoms with Crippen LogP contribution in [0.15, 0.2) is 0 Å². The van der Waals surface area contributed by atoms with Gasteiger partial charge < -0.3 is 10.4 Å². The van der Waals surface area contributed by atoms with E-state index < -0.39 is 10.0 Å². The lowest BCUT2D eigenvalue weighted by atomic mass is 9.96. The lowest BCUT2D eigenvalue weighted by Gasteiger charge is -2.23. The highest BCUT2D eigenvalue weighted by Crippen LogP contribution is 2.22. The number of hydrogen-bond donors (Lipinski definition) is 2. The van der Waals surface area contributed by atoms with E-state index in [1.165, 1.54) is 0 Å². The van der Waals surface area contributed by atoms with Crippen molar-refractivity contribution in [3.63, 3.8) is 0 Å². The van der Waals surface area contributed by atoms with Crippen molar-refractivity contribution >= 4 is 10.0 Å². The van der Waals surface area contributed by atoms with E-state index in [2.05, 4.69) is 5.32 Å². The van der Waals surface area contributed by atoms with Crippen molar-refractivity contribution in [3.05, 3.63) is 0 Å². The molecule has 2 aliphatic rings. The van der Waals surface area contributed by atoms with E-state index in [0.717, 1.165) is 38.8 Å². The van der Waals surface area contributed by atoms with E-state index in [4.69, 9.17) is 5.11 Å². The number of piperidine rings is 1. The zero-order valence-electron chi connectivity index (χ0n) is 10.8. The van der Waals surface area contributed by atoms with Gasteiger partial charge in [0, 0.05) is 19.7 Å². The molecule has 5 nitrogen and oxygen atoms in total. The highest BCUT2D eigenvalue weighted by atomic mass is 32.2. The second kappa shape index (κ2) is 6.32. The quantitative estimate of drug-likeness (QED) is 0.743. The predicted molar refractivity (Wildman–Crippen MR) is 70.8 cm³/mol. The van der Waals surface area contributed by atoms with Crippen molar-refractivity contribution in [2.45, 2.75) is 25.7 Å². The number of nitrogens with one attached hydrogen (secondary N) is 1. The Balaban J connectivity index is 1.80. The molecule has 6 heteroatoms. The van der Waals surface area contributed by atoms with Crippen molar-refractivity contribution in [2.75, 3.05) is 38.5 Å². The summed E-state index contributed by atoms with van der Waals surface area (Å²) in [5, 5.41) is 12.3. The van der Waals surface area contributed by atoms with Crippen molar-refractivity contribution in [2.24, 2.45) is 11.8 Å². The van der Waals surface area contributed by atoms with Crippen LogP contribution in [-0.2, 0) is 10.0 Å². The fraction of sp³-hybridized carbons (Fsp3) is 1.00. The van der Waals surface area contributed by atoms with Gasteiger partial charge in [0.25, 0.3) is 0 Å². The lowest BCUT2D eigenvalue weighted by Crippen LogP contribution is -2.33. The molecule has 2 saturated heterocycles. The Morgan fingerprint density at radius 2 is 1.89 bits per heavy atom. The van der Waals surface area contributed by atoms with E-state index in [-0.39, 0.29) is 18.3 Å². The topological polar surface area (TPSA) is 69.6 Å². The third kappa shape index (κ3) is 3.66. The predicted octanol–water partition coefficient (Wildman–Crippen LogP) is 0.0201. The Labute approximate surface area is 110 Å². The molecule has 2 aliphatic heterocycles. The van der Waals surface area contributed by atoms with Gasteiger partial charge in [-0.1, -0.05) is 0 Å². The number of hydrogen-bond acceptors (Lipinski definition) is 4. The molecule has 0 aliphatic carbocycles. The van der Waals surface area contributed by atoms with Crippen LogP contribution in [0.5, 0.6) is 0 Å². The van der Waals surface area contributed by atoms with Crippen LogP contribution >= 0.6 is 0 Å². The van der Waals surface area contributed by atoms with E-state index in [1.807, 2.05) is 0 Å². The molecule has 0 spiro atoms. The first-order valence-corrected chi connectivity index (χ1v) is 8.52. The van der Waals surface area contributed by atoms with Gasteiger partial charge in [-0.25, -0.2) is 12.7 Å². The summed E-state index contributed by atoms with van der Waals surface area (Å²) in [5.41, 5.74) is 0. The van der Waals surface area contributed by atoms with Crippen LogP contribution in [0.4, 0.5) is 0 Å². The zero-order valence-corrected chi connectivity index (χ0v) is 11.7. The van der Waals surface area contributed by atoms with Crippen molar-refractivity contribution in [1.29, 1.82) is 0 Å². The van der Waals surface area contributed by atoms with Crippen LogP contribution in [0.3, 0.4) is 0 Å². The van der Waals surface area contributed by atoms with Gasteiger partial charge in [0.15, 0.2) is 0 Å². The van der Waals surface area contributed by atoms with Gasteiger partial charge in [0.1, 0.15) is 0 Å². The van der Waals surface area contributed by atoms with Crippen LogP contribution in [0.25, 0.3) is 0 Å². The number of nitrogens with zero attached hydrogens (tertiary/aromatic N) is 1. The van der Waals surface area contributed by atoms with Crippen molar-refractivity contribution in [1.82, 2.24) is 9.62 Å². The third-order valence-corrected chi connectivity index (χ3v) is 6.01. The first kappa shape index (κ1) is 14.2. The van der Waals surface area contributed by atoms with Gasteiger partial charge in [-0.3, -0.25) is 0 Å². The molecule has 106 valence electrons. The lowest BCUT2D eigenvalue weighted by molar-refractivity contribution is 0.233. The molecule has 2 rings (SSSR count). The summed E-state index contributed by atoms with van der Waals surface area (Å²) in [7, 11) is -3.10. The molecule has 0 amide bonds. The Hall–Kier alpha value is -0.170. The minimum Gasteiger partial charge on any atom is -0.396 e. The normalized spacial score (nSPS) is 27.7. The first-order valence-electron chi connectivity index (χ1n) is 6.91. The molecule has 2 heterocycles. The van der Waals surface area contributed by atoms with E-state index in [0.29, 0.717) is 19.0 Å². The van der Waals surface area contributed by atoms with Crippen LogP contribution in [-0.4, -0.2) is 56.4 Å². The zero-order chi connectivity index (χ0) is 13.0. The largest absolute Gasteiger partial charge is 0.396 e. The Kier molecular flexibility index (Phi) is 5.00. The minimum atomic E-state index is -3.10. The molecule has 2 N–H and O–H groups in total. The Morgan fingerprint density at radius 1 is 1.17 bits per heavy atom. The molecule has 0 aromatic rings. The van der Waals surface area contributed by atoms with E-state index in [9.17, 15) is 8.42 Å². The maximum atomic E-state index is 12.2. The molecule has 2 fully saturated rings. The Bertz CT molecular complexity index is 352. The molecule has 0 saturated carbocycles. The minimum absolute atomic E-state index is 0.0975. The van der Waals surface area contributed by atoms with Crippen LogP contribution in [0.1, 0.15) is 25.7 Å². The summed E-state index contributed by atoms with van der Waals surface area (Å²) in [6.45, 7) is 3.22. The van der Waals surface area contributed by atoms with Crippen LogP contribution in [0, 0.1) is 11.8 Å². The summed E-state index contributed by atoms with van der Waals surface area (Å²) in [5.74, 6) is 0.964. The average Bonchev–Trinajstić information content (AvgIpc) is 2.87. The molecule has 18 heavy (non-hydrogen) atoms. The fourth-order valence-corrected chi connectivity index (χ4v) is 4.52. The summed E-state index contributed by atoms with van der Waals surface area (Å²) in [6, 6.07) is 0. The standard InChI is InChI=1S/C12H24N2O3S/c15-10-12-3-7-14(9-12)18(16,17)8-4-11-1-5-13-6-2-11/h11-13,15H,1-10H2. The van der Waals surface area contributed by atoms with Gasteiger partial charge in [0.05, 0.1) is 5.75 Å². The number of sulfonamides is 1. The van der Waals surface area contributed by atoms with Gasteiger partial charge in [-0.15, -0.1) is 0 Å². The van der Waals surface area contributed by atoms with E-state index >= 15 is 0 Å². The van der Waals surface area contributed by atoms with Gasteiger partial charge in [0.2, 0.25) is 10.0 Å². The molecule has 0 aromatic carbocycles. The maximum absolute atomic E-state index is 12.2.